The number of aromatic nitrogens is 2. The van der Waals surface area contributed by atoms with Crippen LogP contribution in [-0.4, -0.2) is 23.1 Å². The summed E-state index contributed by atoms with van der Waals surface area (Å²) in [6.07, 6.45) is 5.99. The van der Waals surface area contributed by atoms with Crippen LogP contribution in [0.4, 0.5) is 5.69 Å². The number of nitrogens with zero attached hydrogens (tertiary/aromatic N) is 3. The largest absolute Gasteiger partial charge is 0.371 e. The summed E-state index contributed by atoms with van der Waals surface area (Å²) in [6.45, 7) is 4.52. The Kier molecular flexibility index (Phi) is 4.72. The Hall–Kier alpha value is -1.59. The van der Waals surface area contributed by atoms with Crippen molar-refractivity contribution < 1.29 is 0 Å². The number of anilines is 1. The number of hydrogen-bond acceptors (Lipinski definition) is 5. The molecule has 3 nitrogen and oxygen atoms in total. The lowest BCUT2D eigenvalue weighted by atomic mass is 10.1. The van der Waals surface area contributed by atoms with Gasteiger partial charge in [0.1, 0.15) is 0 Å². The molecular formula is C19H21N3S2. The van der Waals surface area contributed by atoms with Gasteiger partial charge in [0.2, 0.25) is 0 Å². The molecule has 124 valence electrons. The molecule has 1 fully saturated rings. The minimum absolute atomic E-state index is 0.876. The molecular weight excluding hydrogens is 334 g/mol. The van der Waals surface area contributed by atoms with E-state index < -0.39 is 0 Å². The zero-order valence-corrected chi connectivity index (χ0v) is 15.5. The number of benzene rings is 1. The fourth-order valence-electron chi connectivity index (χ4n) is 3.16. The van der Waals surface area contributed by atoms with E-state index in [0.717, 1.165) is 21.3 Å². The van der Waals surface area contributed by atoms with Crippen molar-refractivity contribution >= 4 is 39.0 Å². The van der Waals surface area contributed by atoms with E-state index in [1.807, 2.05) is 12.3 Å². The standard InChI is InChI=1S/C19H21N3S2/c1-14-12-20-15(11-17(14)22-9-5-2-6-10-22)13-23-19-21-16-7-3-4-8-18(16)24-19/h3-4,7-8,11-12H,2,5-6,9-10,13H2,1H3. The Balaban J connectivity index is 1.49. The zero-order valence-electron chi connectivity index (χ0n) is 13.9. The lowest BCUT2D eigenvalue weighted by Crippen LogP contribution is -2.30. The SMILES string of the molecule is Cc1cnc(CSc2nc3ccccc3s2)cc1N1CCCCC1. The van der Waals surface area contributed by atoms with Crippen LogP contribution in [0.25, 0.3) is 10.2 Å². The van der Waals surface area contributed by atoms with Crippen LogP contribution in [0.3, 0.4) is 0 Å². The van der Waals surface area contributed by atoms with Gasteiger partial charge in [0.15, 0.2) is 4.34 Å². The van der Waals surface area contributed by atoms with Crippen LogP contribution in [0.15, 0.2) is 40.9 Å². The van der Waals surface area contributed by atoms with Crippen LogP contribution in [0.5, 0.6) is 0 Å². The molecule has 3 aromatic rings. The molecule has 2 aromatic heterocycles. The molecule has 1 aliphatic heterocycles. The number of fused-ring (bicyclic) bond motifs is 1. The van der Waals surface area contributed by atoms with E-state index in [0.29, 0.717) is 0 Å². The number of thiazole rings is 1. The van der Waals surface area contributed by atoms with E-state index in [9.17, 15) is 0 Å². The third-order valence-electron chi connectivity index (χ3n) is 4.45. The van der Waals surface area contributed by atoms with Crippen molar-refractivity contribution in [1.82, 2.24) is 9.97 Å². The summed E-state index contributed by atoms with van der Waals surface area (Å²) in [7, 11) is 0. The predicted molar refractivity (Wildman–Crippen MR) is 104 cm³/mol. The molecule has 5 heteroatoms. The van der Waals surface area contributed by atoms with Gasteiger partial charge in [0.25, 0.3) is 0 Å². The van der Waals surface area contributed by atoms with E-state index in [2.05, 4.69) is 41.1 Å². The van der Waals surface area contributed by atoms with Crippen LogP contribution in [-0.2, 0) is 5.75 Å². The molecule has 24 heavy (non-hydrogen) atoms. The monoisotopic (exact) mass is 355 g/mol. The molecule has 0 radical (unpaired) electrons. The molecule has 3 heterocycles. The first kappa shape index (κ1) is 15.9. The van der Waals surface area contributed by atoms with Gasteiger partial charge in [0.05, 0.1) is 15.9 Å². The molecule has 0 bridgehead atoms. The summed E-state index contributed by atoms with van der Waals surface area (Å²) in [5.74, 6) is 0.876. The third kappa shape index (κ3) is 3.42. The highest BCUT2D eigenvalue weighted by molar-refractivity contribution is 8.00. The summed E-state index contributed by atoms with van der Waals surface area (Å²) < 4.78 is 2.38. The quantitative estimate of drug-likeness (QED) is 0.595. The van der Waals surface area contributed by atoms with Crippen LogP contribution < -0.4 is 4.90 Å². The van der Waals surface area contributed by atoms with Crippen LogP contribution in [0.1, 0.15) is 30.5 Å². The van der Waals surface area contributed by atoms with Crippen molar-refractivity contribution in [3.63, 3.8) is 0 Å². The van der Waals surface area contributed by atoms with Crippen molar-refractivity contribution in [2.24, 2.45) is 0 Å². The molecule has 0 unspecified atom stereocenters. The summed E-state index contributed by atoms with van der Waals surface area (Å²) in [5.41, 5.74) is 4.89. The molecule has 0 N–H and O–H groups in total. The Bertz CT molecular complexity index is 804. The first-order chi connectivity index (χ1) is 11.8. The minimum atomic E-state index is 0.876. The van der Waals surface area contributed by atoms with Gasteiger partial charge in [-0.1, -0.05) is 23.9 Å². The maximum absolute atomic E-state index is 4.70. The van der Waals surface area contributed by atoms with E-state index in [-0.39, 0.29) is 0 Å². The van der Waals surface area contributed by atoms with Crippen molar-refractivity contribution in [2.75, 3.05) is 18.0 Å². The summed E-state index contributed by atoms with van der Waals surface area (Å²) in [4.78, 5) is 11.9. The van der Waals surface area contributed by atoms with Gasteiger partial charge in [-0.3, -0.25) is 4.98 Å². The van der Waals surface area contributed by atoms with Gasteiger partial charge in [-0.15, -0.1) is 11.3 Å². The number of hydrogen-bond donors (Lipinski definition) is 0. The first-order valence-corrected chi connectivity index (χ1v) is 10.3. The summed E-state index contributed by atoms with van der Waals surface area (Å²) >= 11 is 3.55. The average Bonchev–Trinajstić information content (AvgIpc) is 3.05. The smallest absolute Gasteiger partial charge is 0.151 e. The van der Waals surface area contributed by atoms with Crippen LogP contribution in [0, 0.1) is 6.92 Å². The number of piperidine rings is 1. The Morgan fingerprint density at radius 1 is 1.17 bits per heavy atom. The zero-order chi connectivity index (χ0) is 16.4. The molecule has 0 aliphatic carbocycles. The number of pyridine rings is 1. The molecule has 0 amide bonds. The fraction of sp³-hybridized carbons (Fsp3) is 0.368. The van der Waals surface area contributed by atoms with Gasteiger partial charge in [-0.25, -0.2) is 4.98 Å². The Morgan fingerprint density at radius 2 is 2.00 bits per heavy atom. The summed E-state index contributed by atoms with van der Waals surface area (Å²) in [5, 5.41) is 0. The number of para-hydroxylation sites is 1. The molecule has 0 spiro atoms. The maximum atomic E-state index is 4.70. The Morgan fingerprint density at radius 3 is 2.83 bits per heavy atom. The number of aryl methyl sites for hydroxylation is 1. The van der Waals surface area contributed by atoms with E-state index in [1.165, 1.54) is 48.3 Å². The van der Waals surface area contributed by atoms with Crippen molar-refractivity contribution in [3.05, 3.63) is 47.8 Å². The molecule has 0 atom stereocenters. The molecule has 4 rings (SSSR count). The Labute approximate surface area is 151 Å². The average molecular weight is 356 g/mol. The molecule has 1 saturated heterocycles. The van der Waals surface area contributed by atoms with E-state index in [4.69, 9.17) is 4.98 Å². The second-order valence-corrected chi connectivity index (χ2v) is 8.50. The van der Waals surface area contributed by atoms with Gasteiger partial charge >= 0.3 is 0 Å². The third-order valence-corrected chi connectivity index (χ3v) is 6.66. The predicted octanol–water partition coefficient (Wildman–Crippen LogP) is 5.28. The highest BCUT2D eigenvalue weighted by atomic mass is 32.2. The lowest BCUT2D eigenvalue weighted by Gasteiger charge is -2.30. The molecule has 1 aromatic carbocycles. The van der Waals surface area contributed by atoms with Crippen LogP contribution >= 0.6 is 23.1 Å². The second-order valence-electron chi connectivity index (χ2n) is 6.25. The normalized spacial score (nSPS) is 15.1. The van der Waals surface area contributed by atoms with Crippen molar-refractivity contribution in [2.45, 2.75) is 36.3 Å². The van der Waals surface area contributed by atoms with Gasteiger partial charge < -0.3 is 4.90 Å². The van der Waals surface area contributed by atoms with E-state index in [1.54, 1.807) is 23.1 Å². The lowest BCUT2D eigenvalue weighted by molar-refractivity contribution is 0.576. The topological polar surface area (TPSA) is 29.0 Å². The summed E-state index contributed by atoms with van der Waals surface area (Å²) in [6, 6.07) is 10.6. The number of thioether (sulfide) groups is 1. The molecule has 0 saturated carbocycles. The molecule has 1 aliphatic rings. The fourth-order valence-corrected chi connectivity index (χ4v) is 5.13. The van der Waals surface area contributed by atoms with Gasteiger partial charge in [0, 0.05) is 30.7 Å². The highest BCUT2D eigenvalue weighted by Gasteiger charge is 2.14. The second kappa shape index (κ2) is 7.11. The minimum Gasteiger partial charge on any atom is -0.371 e. The van der Waals surface area contributed by atoms with Gasteiger partial charge in [-0.05, 0) is 49.9 Å². The highest BCUT2D eigenvalue weighted by Crippen LogP contribution is 2.32. The van der Waals surface area contributed by atoms with Crippen LogP contribution in [0.2, 0.25) is 0 Å². The maximum Gasteiger partial charge on any atom is 0.151 e. The number of rotatable bonds is 4. The van der Waals surface area contributed by atoms with E-state index >= 15 is 0 Å². The van der Waals surface area contributed by atoms with Gasteiger partial charge in [-0.2, -0.15) is 0 Å². The van der Waals surface area contributed by atoms with Crippen molar-refractivity contribution in [3.8, 4) is 0 Å². The first-order valence-electron chi connectivity index (χ1n) is 8.48. The van der Waals surface area contributed by atoms with Crippen molar-refractivity contribution in [1.29, 1.82) is 0 Å².